The summed E-state index contributed by atoms with van der Waals surface area (Å²) in [5.74, 6) is 0. The van der Waals surface area contributed by atoms with Crippen molar-refractivity contribution in [1.29, 1.82) is 0 Å². The Morgan fingerprint density at radius 1 is 1.32 bits per heavy atom. The molecule has 4 nitrogen and oxygen atoms in total. The Morgan fingerprint density at radius 3 is 2.63 bits per heavy atom. The molecule has 0 fully saturated rings. The van der Waals surface area contributed by atoms with E-state index in [0.29, 0.717) is 17.7 Å². The smallest absolute Gasteiger partial charge is 0.329 e. The molecule has 0 bridgehead atoms. The number of halogens is 3. The number of aryl methyl sites for hydroxylation is 1. The number of aromatic nitrogens is 2. The number of nitrogens with one attached hydrogen (secondary N) is 1. The Labute approximate surface area is 106 Å². The first-order valence-corrected chi connectivity index (χ1v) is 5.36. The quantitative estimate of drug-likeness (QED) is 0.871. The third-order valence-corrected chi connectivity index (χ3v) is 2.59. The van der Waals surface area contributed by atoms with Gasteiger partial charge in [0.15, 0.2) is 0 Å². The van der Waals surface area contributed by atoms with Gasteiger partial charge in [-0.1, -0.05) is 6.07 Å². The average Bonchev–Trinajstić information content (AvgIpc) is 2.81. The number of carbonyl (C=O) groups is 1. The highest BCUT2D eigenvalue weighted by molar-refractivity contribution is 5.76. The molecule has 2 rings (SSSR count). The van der Waals surface area contributed by atoms with Crippen molar-refractivity contribution >= 4 is 12.1 Å². The lowest BCUT2D eigenvalue weighted by Crippen LogP contribution is -2.17. The number of hydrogen-bond donors (Lipinski definition) is 1. The topological polar surface area (TPSA) is 46.9 Å². The standard InChI is InChI=1S/C12H10F3N3O/c1-8-2-3-9(16-7-19)6-10(8)11-4-5-18(17-11)12(13,14)15/h2-7H,1H3,(H,16,19). The van der Waals surface area contributed by atoms with Crippen LogP contribution < -0.4 is 5.32 Å². The van der Waals surface area contributed by atoms with E-state index >= 15 is 0 Å². The lowest BCUT2D eigenvalue weighted by molar-refractivity contribution is -0.212. The molecule has 0 aliphatic rings. The third kappa shape index (κ3) is 2.75. The van der Waals surface area contributed by atoms with Gasteiger partial charge in [0.2, 0.25) is 6.41 Å². The van der Waals surface area contributed by atoms with Gasteiger partial charge >= 0.3 is 6.30 Å². The van der Waals surface area contributed by atoms with Gasteiger partial charge in [0, 0.05) is 17.4 Å². The molecule has 0 spiro atoms. The van der Waals surface area contributed by atoms with Crippen LogP contribution in [0.15, 0.2) is 30.5 Å². The Bertz CT molecular complexity index is 605. The number of nitrogens with zero attached hydrogens (tertiary/aromatic N) is 2. The number of hydrogen-bond acceptors (Lipinski definition) is 2. The number of amides is 1. The van der Waals surface area contributed by atoms with E-state index in [2.05, 4.69) is 10.4 Å². The van der Waals surface area contributed by atoms with Crippen LogP contribution in [0.25, 0.3) is 11.3 Å². The largest absolute Gasteiger partial charge is 0.504 e. The molecule has 0 aliphatic heterocycles. The van der Waals surface area contributed by atoms with Crippen LogP contribution in [0, 0.1) is 6.92 Å². The molecule has 19 heavy (non-hydrogen) atoms. The van der Waals surface area contributed by atoms with Crippen molar-refractivity contribution in [2.24, 2.45) is 0 Å². The van der Waals surface area contributed by atoms with Gasteiger partial charge < -0.3 is 5.32 Å². The summed E-state index contributed by atoms with van der Waals surface area (Å²) in [6.07, 6.45) is -3.18. The van der Waals surface area contributed by atoms with Crippen LogP contribution >= 0.6 is 0 Å². The molecule has 1 aromatic heterocycles. The molecule has 100 valence electrons. The Kier molecular flexibility index (Phi) is 3.28. The summed E-state index contributed by atoms with van der Waals surface area (Å²) in [6.45, 7) is 1.76. The predicted octanol–water partition coefficient (Wildman–Crippen LogP) is 2.90. The summed E-state index contributed by atoms with van der Waals surface area (Å²) >= 11 is 0. The van der Waals surface area contributed by atoms with Gasteiger partial charge in [-0.3, -0.25) is 4.79 Å². The van der Waals surface area contributed by atoms with Crippen molar-refractivity contribution in [2.45, 2.75) is 13.2 Å². The normalized spacial score (nSPS) is 11.4. The van der Waals surface area contributed by atoms with Gasteiger partial charge in [0.05, 0.1) is 5.69 Å². The highest BCUT2D eigenvalue weighted by Crippen LogP contribution is 2.28. The van der Waals surface area contributed by atoms with Crippen molar-refractivity contribution in [3.63, 3.8) is 0 Å². The zero-order valence-corrected chi connectivity index (χ0v) is 9.90. The molecule has 2 aromatic rings. The number of rotatable bonds is 3. The molecule has 0 atom stereocenters. The van der Waals surface area contributed by atoms with Crippen molar-refractivity contribution in [3.8, 4) is 11.3 Å². The lowest BCUT2D eigenvalue weighted by atomic mass is 10.1. The van der Waals surface area contributed by atoms with Gasteiger partial charge in [-0.2, -0.15) is 9.78 Å². The monoisotopic (exact) mass is 269 g/mol. The molecule has 1 aromatic carbocycles. The Balaban J connectivity index is 2.43. The van der Waals surface area contributed by atoms with E-state index in [-0.39, 0.29) is 10.4 Å². The summed E-state index contributed by atoms with van der Waals surface area (Å²) in [6, 6.07) is 6.22. The SMILES string of the molecule is Cc1ccc(NC=O)cc1-c1ccn(C(F)(F)F)n1. The fourth-order valence-corrected chi connectivity index (χ4v) is 1.66. The van der Waals surface area contributed by atoms with Crippen molar-refractivity contribution in [1.82, 2.24) is 9.78 Å². The van der Waals surface area contributed by atoms with Crippen LogP contribution in [0.5, 0.6) is 0 Å². The van der Waals surface area contributed by atoms with Crippen LogP contribution in [-0.2, 0) is 11.1 Å². The summed E-state index contributed by atoms with van der Waals surface area (Å²) < 4.78 is 37.3. The second-order valence-electron chi connectivity index (χ2n) is 3.91. The molecule has 0 radical (unpaired) electrons. The van der Waals surface area contributed by atoms with E-state index in [1.54, 1.807) is 25.1 Å². The van der Waals surface area contributed by atoms with E-state index < -0.39 is 6.30 Å². The summed E-state index contributed by atoms with van der Waals surface area (Å²) in [5, 5.41) is 5.93. The van der Waals surface area contributed by atoms with Gasteiger partial charge in [0.1, 0.15) is 0 Å². The molecule has 7 heteroatoms. The maximum absolute atomic E-state index is 12.5. The average molecular weight is 269 g/mol. The fraction of sp³-hybridized carbons (Fsp3) is 0.167. The highest BCUT2D eigenvalue weighted by atomic mass is 19.4. The predicted molar refractivity (Wildman–Crippen MR) is 63.4 cm³/mol. The Morgan fingerprint density at radius 2 is 2.05 bits per heavy atom. The van der Waals surface area contributed by atoms with Crippen LogP contribution in [0.2, 0.25) is 0 Å². The van der Waals surface area contributed by atoms with E-state index in [4.69, 9.17) is 0 Å². The summed E-state index contributed by atoms with van der Waals surface area (Å²) in [4.78, 5) is 10.4. The third-order valence-electron chi connectivity index (χ3n) is 2.59. The van der Waals surface area contributed by atoms with Crippen LogP contribution in [0.3, 0.4) is 0 Å². The highest BCUT2D eigenvalue weighted by Gasteiger charge is 2.31. The zero-order chi connectivity index (χ0) is 14.0. The van der Waals surface area contributed by atoms with Gasteiger partial charge in [-0.15, -0.1) is 13.2 Å². The minimum Gasteiger partial charge on any atom is -0.329 e. The molecule has 0 aliphatic carbocycles. The van der Waals surface area contributed by atoms with Gasteiger partial charge in [-0.05, 0) is 30.7 Å². The minimum atomic E-state index is -4.54. The second-order valence-corrected chi connectivity index (χ2v) is 3.91. The zero-order valence-electron chi connectivity index (χ0n) is 9.90. The minimum absolute atomic E-state index is 0.0540. The summed E-state index contributed by atoms with van der Waals surface area (Å²) in [7, 11) is 0. The number of anilines is 1. The number of carbonyl (C=O) groups excluding carboxylic acids is 1. The molecule has 1 N–H and O–H groups in total. The van der Waals surface area contributed by atoms with Gasteiger partial charge in [-0.25, -0.2) is 0 Å². The first-order chi connectivity index (χ1) is 8.91. The first-order valence-electron chi connectivity index (χ1n) is 5.36. The molecular weight excluding hydrogens is 259 g/mol. The summed E-state index contributed by atoms with van der Waals surface area (Å²) in [5.41, 5.74) is 2.00. The van der Waals surface area contributed by atoms with Gasteiger partial charge in [0.25, 0.3) is 0 Å². The molecule has 0 saturated carbocycles. The van der Waals surface area contributed by atoms with E-state index in [1.807, 2.05) is 0 Å². The molecule has 1 amide bonds. The maximum atomic E-state index is 12.5. The second kappa shape index (κ2) is 4.75. The van der Waals surface area contributed by atoms with Crippen molar-refractivity contribution in [2.75, 3.05) is 5.32 Å². The fourth-order valence-electron chi connectivity index (χ4n) is 1.66. The molecule has 0 unspecified atom stereocenters. The lowest BCUT2D eigenvalue weighted by Gasteiger charge is -2.07. The van der Waals surface area contributed by atoms with Crippen LogP contribution in [-0.4, -0.2) is 16.2 Å². The molecular formula is C12H10F3N3O. The van der Waals surface area contributed by atoms with Crippen LogP contribution in [0.4, 0.5) is 18.9 Å². The van der Waals surface area contributed by atoms with E-state index in [1.165, 1.54) is 6.07 Å². The van der Waals surface area contributed by atoms with E-state index in [0.717, 1.165) is 11.8 Å². The van der Waals surface area contributed by atoms with Crippen LogP contribution in [0.1, 0.15) is 5.56 Å². The number of benzene rings is 1. The van der Waals surface area contributed by atoms with E-state index in [9.17, 15) is 18.0 Å². The Hall–Kier alpha value is -2.31. The molecule has 0 saturated heterocycles. The molecule has 1 heterocycles. The maximum Gasteiger partial charge on any atom is 0.504 e. The first kappa shape index (κ1) is 13.1. The van der Waals surface area contributed by atoms with Crippen molar-refractivity contribution < 1.29 is 18.0 Å². The number of alkyl halides is 3. The van der Waals surface area contributed by atoms with Crippen molar-refractivity contribution in [3.05, 3.63) is 36.0 Å².